The van der Waals surface area contributed by atoms with Gasteiger partial charge < -0.3 is 4.79 Å². The van der Waals surface area contributed by atoms with E-state index in [4.69, 9.17) is 0 Å². The molecule has 0 aliphatic heterocycles. The number of nitrogens with zero attached hydrogens (tertiary/aromatic N) is 1. The third kappa shape index (κ3) is 1.56. The zero-order valence-corrected chi connectivity index (χ0v) is 8.08. The number of rotatable bonds is 3. The van der Waals surface area contributed by atoms with Crippen molar-refractivity contribution >= 4 is 33.6 Å². The molecule has 0 atom stereocenters. The SMILES string of the molecule is O=CCC(=O)c1nc2ccccc2s1. The van der Waals surface area contributed by atoms with Gasteiger partial charge in [0.25, 0.3) is 0 Å². The van der Waals surface area contributed by atoms with Crippen molar-refractivity contribution in [3.05, 3.63) is 29.3 Å². The lowest BCUT2D eigenvalue weighted by Gasteiger charge is -1.85. The lowest BCUT2D eigenvalue weighted by molar-refractivity contribution is -0.107. The Morgan fingerprint density at radius 2 is 2.21 bits per heavy atom. The fourth-order valence-electron chi connectivity index (χ4n) is 1.15. The van der Waals surface area contributed by atoms with E-state index in [9.17, 15) is 9.59 Å². The summed E-state index contributed by atoms with van der Waals surface area (Å²) in [6.07, 6.45) is 0.522. The highest BCUT2D eigenvalue weighted by atomic mass is 32.1. The topological polar surface area (TPSA) is 47.0 Å². The monoisotopic (exact) mass is 205 g/mol. The van der Waals surface area contributed by atoms with Gasteiger partial charge in [0.15, 0.2) is 10.8 Å². The van der Waals surface area contributed by atoms with E-state index in [2.05, 4.69) is 4.98 Å². The Kier molecular flexibility index (Phi) is 2.37. The number of fused-ring (bicyclic) bond motifs is 1. The van der Waals surface area contributed by atoms with E-state index >= 15 is 0 Å². The van der Waals surface area contributed by atoms with Crippen LogP contribution in [0.25, 0.3) is 10.2 Å². The fraction of sp³-hybridized carbons (Fsp3) is 0.100. The molecule has 0 amide bonds. The van der Waals surface area contributed by atoms with Crippen molar-refractivity contribution in [2.24, 2.45) is 0 Å². The normalized spacial score (nSPS) is 10.3. The number of Topliss-reactive ketones (excluding diaryl/α,β-unsaturated/α-hetero) is 1. The predicted molar refractivity (Wildman–Crippen MR) is 54.6 cm³/mol. The summed E-state index contributed by atoms with van der Waals surface area (Å²) in [5, 5.41) is 0.415. The maximum atomic E-state index is 11.3. The summed E-state index contributed by atoms with van der Waals surface area (Å²) in [5.74, 6) is -0.207. The Bertz CT molecular complexity index is 457. The minimum absolute atomic E-state index is 0.0835. The Balaban J connectivity index is 2.44. The average molecular weight is 205 g/mol. The maximum absolute atomic E-state index is 11.3. The molecule has 0 unspecified atom stereocenters. The first kappa shape index (κ1) is 9.02. The van der Waals surface area contributed by atoms with Crippen molar-refractivity contribution in [3.8, 4) is 0 Å². The highest BCUT2D eigenvalue weighted by Gasteiger charge is 2.10. The molecule has 0 fully saturated rings. The third-order valence-electron chi connectivity index (χ3n) is 1.80. The van der Waals surface area contributed by atoms with E-state index in [0.29, 0.717) is 11.3 Å². The van der Waals surface area contributed by atoms with Crippen LogP contribution in [0.3, 0.4) is 0 Å². The molecule has 2 aromatic rings. The van der Waals surface area contributed by atoms with Gasteiger partial charge in [-0.2, -0.15) is 0 Å². The van der Waals surface area contributed by atoms with Gasteiger partial charge >= 0.3 is 0 Å². The van der Waals surface area contributed by atoms with Crippen molar-refractivity contribution in [1.29, 1.82) is 0 Å². The predicted octanol–water partition coefficient (Wildman–Crippen LogP) is 2.07. The highest BCUT2D eigenvalue weighted by molar-refractivity contribution is 7.20. The van der Waals surface area contributed by atoms with Crippen LogP contribution in [0, 0.1) is 0 Å². The lowest BCUT2D eigenvalue weighted by atomic mass is 10.3. The van der Waals surface area contributed by atoms with Crippen LogP contribution >= 0.6 is 11.3 Å². The smallest absolute Gasteiger partial charge is 0.198 e. The molecule has 0 saturated carbocycles. The first-order valence-corrected chi connectivity index (χ1v) is 4.95. The van der Waals surface area contributed by atoms with Crippen LogP contribution in [-0.2, 0) is 4.79 Å². The Morgan fingerprint density at radius 3 is 2.93 bits per heavy atom. The van der Waals surface area contributed by atoms with Crippen LogP contribution in [0.5, 0.6) is 0 Å². The number of hydrogen-bond donors (Lipinski definition) is 0. The van der Waals surface area contributed by atoms with Gasteiger partial charge in [-0.25, -0.2) is 4.98 Å². The van der Waals surface area contributed by atoms with Gasteiger partial charge in [-0.1, -0.05) is 12.1 Å². The Hall–Kier alpha value is -1.55. The van der Waals surface area contributed by atoms with Crippen molar-refractivity contribution in [3.63, 3.8) is 0 Å². The molecule has 0 bridgehead atoms. The van der Waals surface area contributed by atoms with E-state index in [1.165, 1.54) is 11.3 Å². The number of carbonyl (C=O) groups excluding carboxylic acids is 2. The molecule has 1 aromatic heterocycles. The van der Waals surface area contributed by atoms with Gasteiger partial charge in [0.1, 0.15) is 6.29 Å². The fourth-order valence-corrected chi connectivity index (χ4v) is 2.07. The summed E-state index contributed by atoms with van der Waals surface area (Å²) >= 11 is 1.33. The minimum Gasteiger partial charge on any atom is -0.303 e. The van der Waals surface area contributed by atoms with Gasteiger partial charge in [0.05, 0.1) is 16.6 Å². The first-order chi connectivity index (χ1) is 6.81. The largest absolute Gasteiger partial charge is 0.303 e. The van der Waals surface area contributed by atoms with Gasteiger partial charge in [-0.3, -0.25) is 4.79 Å². The van der Waals surface area contributed by atoms with E-state index in [1.54, 1.807) is 0 Å². The zero-order chi connectivity index (χ0) is 9.97. The lowest BCUT2D eigenvalue weighted by Crippen LogP contribution is -1.97. The van der Waals surface area contributed by atoms with Crippen LogP contribution in [0.4, 0.5) is 0 Å². The van der Waals surface area contributed by atoms with Crippen LogP contribution < -0.4 is 0 Å². The van der Waals surface area contributed by atoms with Crippen molar-refractivity contribution in [2.75, 3.05) is 0 Å². The summed E-state index contributed by atoms with van der Waals surface area (Å²) in [5.41, 5.74) is 0.812. The molecule has 0 aliphatic carbocycles. The number of carbonyl (C=O) groups is 2. The molecule has 0 saturated heterocycles. The van der Waals surface area contributed by atoms with E-state index in [1.807, 2.05) is 24.3 Å². The van der Waals surface area contributed by atoms with Crippen molar-refractivity contribution in [1.82, 2.24) is 4.98 Å². The Labute approximate surface area is 84.4 Å². The molecule has 0 spiro atoms. The Morgan fingerprint density at radius 1 is 1.43 bits per heavy atom. The summed E-state index contributed by atoms with van der Waals surface area (Å²) in [7, 11) is 0. The molecule has 3 nitrogen and oxygen atoms in total. The third-order valence-corrected chi connectivity index (χ3v) is 2.88. The number of benzene rings is 1. The number of thiazole rings is 1. The second-order valence-corrected chi connectivity index (χ2v) is 3.81. The van der Waals surface area contributed by atoms with Crippen LogP contribution in [0.1, 0.15) is 16.2 Å². The molecule has 2 rings (SSSR count). The number of hydrogen-bond acceptors (Lipinski definition) is 4. The molecule has 70 valence electrons. The first-order valence-electron chi connectivity index (χ1n) is 4.13. The van der Waals surface area contributed by atoms with Crippen molar-refractivity contribution in [2.45, 2.75) is 6.42 Å². The van der Waals surface area contributed by atoms with E-state index in [-0.39, 0.29) is 12.2 Å². The molecular weight excluding hydrogens is 198 g/mol. The maximum Gasteiger partial charge on any atom is 0.198 e. The standard InChI is InChI=1S/C10H7NO2S/c12-6-5-8(13)10-11-7-3-1-2-4-9(7)14-10/h1-4,6H,5H2. The number of para-hydroxylation sites is 1. The van der Waals surface area contributed by atoms with E-state index < -0.39 is 0 Å². The molecule has 1 heterocycles. The number of ketones is 1. The molecule has 0 N–H and O–H groups in total. The molecule has 0 radical (unpaired) electrons. The molecule has 1 aromatic carbocycles. The van der Waals surface area contributed by atoms with Gasteiger partial charge in [0, 0.05) is 0 Å². The summed E-state index contributed by atoms with van der Waals surface area (Å²) in [6, 6.07) is 7.53. The van der Waals surface area contributed by atoms with Crippen LogP contribution in [0.2, 0.25) is 0 Å². The van der Waals surface area contributed by atoms with Crippen LogP contribution in [-0.4, -0.2) is 17.1 Å². The summed E-state index contributed by atoms with van der Waals surface area (Å²) < 4.78 is 0.974. The van der Waals surface area contributed by atoms with Gasteiger partial charge in [-0.05, 0) is 12.1 Å². The summed E-state index contributed by atoms with van der Waals surface area (Å²) in [4.78, 5) is 25.6. The number of aldehydes is 1. The molecule has 4 heteroatoms. The van der Waals surface area contributed by atoms with Gasteiger partial charge in [-0.15, -0.1) is 11.3 Å². The zero-order valence-electron chi connectivity index (χ0n) is 7.27. The molecular formula is C10H7NO2S. The summed E-state index contributed by atoms with van der Waals surface area (Å²) in [6.45, 7) is 0. The molecule has 0 aliphatic rings. The number of aromatic nitrogens is 1. The van der Waals surface area contributed by atoms with E-state index in [0.717, 1.165) is 10.2 Å². The second kappa shape index (κ2) is 3.67. The van der Waals surface area contributed by atoms with Gasteiger partial charge in [0.2, 0.25) is 0 Å². The van der Waals surface area contributed by atoms with Crippen molar-refractivity contribution < 1.29 is 9.59 Å². The average Bonchev–Trinajstić information content (AvgIpc) is 2.61. The molecule has 14 heavy (non-hydrogen) atoms. The quantitative estimate of drug-likeness (QED) is 0.438. The minimum atomic E-state index is -0.207. The highest BCUT2D eigenvalue weighted by Crippen LogP contribution is 2.22. The van der Waals surface area contributed by atoms with Crippen LogP contribution in [0.15, 0.2) is 24.3 Å². The second-order valence-electron chi connectivity index (χ2n) is 2.78.